The van der Waals surface area contributed by atoms with Crippen LogP contribution in [0, 0.1) is 0 Å². The normalized spacial score (nSPS) is 15.7. The maximum atomic E-state index is 11.3. The molecule has 1 aliphatic rings. The molecule has 0 unspecified atom stereocenters. The number of aromatic nitrogens is 1. The molecule has 18 heavy (non-hydrogen) atoms. The highest BCUT2D eigenvalue weighted by Gasteiger charge is 2.21. The van der Waals surface area contributed by atoms with Crippen molar-refractivity contribution in [1.29, 1.82) is 0 Å². The van der Waals surface area contributed by atoms with Gasteiger partial charge in [0.1, 0.15) is 4.88 Å². The van der Waals surface area contributed by atoms with Crippen LogP contribution in [-0.2, 0) is 9.53 Å². The molecular weight excluding hydrogens is 254 g/mol. The Balaban J connectivity index is 1.99. The van der Waals surface area contributed by atoms with Crippen molar-refractivity contribution in [1.82, 2.24) is 9.88 Å². The van der Waals surface area contributed by atoms with Gasteiger partial charge < -0.3 is 14.5 Å². The fraction of sp³-hybridized carbons (Fsp3) is 0.545. The summed E-state index contributed by atoms with van der Waals surface area (Å²) in [6.45, 7) is 4.46. The fourth-order valence-corrected chi connectivity index (χ4v) is 2.70. The van der Waals surface area contributed by atoms with Crippen LogP contribution in [0.5, 0.6) is 0 Å². The van der Waals surface area contributed by atoms with E-state index in [1.807, 2.05) is 4.90 Å². The van der Waals surface area contributed by atoms with Crippen molar-refractivity contribution in [2.24, 2.45) is 0 Å². The van der Waals surface area contributed by atoms with E-state index in [-0.39, 0.29) is 11.9 Å². The second kappa shape index (κ2) is 5.34. The summed E-state index contributed by atoms with van der Waals surface area (Å²) in [5, 5.41) is 0.804. The number of methoxy groups -OCH3 is 1. The molecule has 6 nitrogen and oxygen atoms in total. The van der Waals surface area contributed by atoms with E-state index in [2.05, 4.69) is 14.6 Å². The smallest absolute Gasteiger partial charge is 0.349 e. The van der Waals surface area contributed by atoms with Gasteiger partial charge in [-0.05, 0) is 0 Å². The van der Waals surface area contributed by atoms with Gasteiger partial charge in [-0.2, -0.15) is 0 Å². The molecule has 0 bridgehead atoms. The number of thiazole rings is 1. The number of esters is 1. The first-order chi connectivity index (χ1) is 8.61. The zero-order chi connectivity index (χ0) is 13.1. The third-order valence-electron chi connectivity index (χ3n) is 2.88. The molecule has 0 N–H and O–H groups in total. The van der Waals surface area contributed by atoms with E-state index in [1.54, 1.807) is 6.92 Å². The number of ether oxygens (including phenoxy) is 1. The lowest BCUT2D eigenvalue weighted by Crippen LogP contribution is -2.48. The summed E-state index contributed by atoms with van der Waals surface area (Å²) < 4.78 is 4.65. The van der Waals surface area contributed by atoms with Crippen LogP contribution >= 0.6 is 11.3 Å². The highest BCUT2D eigenvalue weighted by atomic mass is 32.1. The Bertz CT molecular complexity index is 452. The van der Waals surface area contributed by atoms with Crippen molar-refractivity contribution in [3.8, 4) is 0 Å². The Labute approximate surface area is 109 Å². The maximum absolute atomic E-state index is 11.3. The van der Waals surface area contributed by atoms with Gasteiger partial charge in [-0.1, -0.05) is 11.3 Å². The van der Waals surface area contributed by atoms with E-state index in [0.29, 0.717) is 18.0 Å². The van der Waals surface area contributed by atoms with Crippen molar-refractivity contribution in [2.75, 3.05) is 38.2 Å². The zero-order valence-electron chi connectivity index (χ0n) is 10.4. The van der Waals surface area contributed by atoms with E-state index in [1.165, 1.54) is 24.6 Å². The summed E-state index contributed by atoms with van der Waals surface area (Å²) in [6.07, 6.45) is 1.53. The number of amides is 1. The molecule has 0 radical (unpaired) electrons. The quantitative estimate of drug-likeness (QED) is 0.736. The molecule has 1 saturated heterocycles. The first-order valence-electron chi connectivity index (χ1n) is 5.66. The van der Waals surface area contributed by atoms with E-state index in [9.17, 15) is 9.59 Å². The molecule has 98 valence electrons. The van der Waals surface area contributed by atoms with Gasteiger partial charge in [0, 0.05) is 33.1 Å². The lowest BCUT2D eigenvalue weighted by atomic mass is 10.3. The zero-order valence-corrected chi connectivity index (χ0v) is 11.2. The van der Waals surface area contributed by atoms with E-state index >= 15 is 0 Å². The minimum atomic E-state index is -0.360. The van der Waals surface area contributed by atoms with Gasteiger partial charge >= 0.3 is 5.97 Å². The van der Waals surface area contributed by atoms with Gasteiger partial charge in [-0.15, -0.1) is 0 Å². The lowest BCUT2D eigenvalue weighted by Gasteiger charge is -2.33. The van der Waals surface area contributed by atoms with Crippen LogP contribution in [0.3, 0.4) is 0 Å². The van der Waals surface area contributed by atoms with Crippen molar-refractivity contribution in [3.05, 3.63) is 11.1 Å². The van der Waals surface area contributed by atoms with Crippen LogP contribution < -0.4 is 4.90 Å². The monoisotopic (exact) mass is 269 g/mol. The molecule has 2 rings (SSSR count). The number of anilines is 1. The molecule has 2 heterocycles. The van der Waals surface area contributed by atoms with Crippen LogP contribution in [-0.4, -0.2) is 55.0 Å². The van der Waals surface area contributed by atoms with Gasteiger partial charge in [0.15, 0.2) is 5.13 Å². The summed E-state index contributed by atoms with van der Waals surface area (Å²) >= 11 is 1.32. The van der Waals surface area contributed by atoms with Crippen LogP contribution in [0.2, 0.25) is 0 Å². The molecule has 1 aliphatic heterocycles. The van der Waals surface area contributed by atoms with E-state index in [0.717, 1.165) is 18.2 Å². The summed E-state index contributed by atoms with van der Waals surface area (Å²) in [5.74, 6) is -0.259. The number of piperazine rings is 1. The SMILES string of the molecule is COC(=O)c1cnc(N2CCN(C(C)=O)CC2)s1. The van der Waals surface area contributed by atoms with Gasteiger partial charge in [0.2, 0.25) is 5.91 Å². The molecule has 0 aliphatic carbocycles. The molecule has 1 aromatic heterocycles. The Morgan fingerprint density at radius 2 is 2.00 bits per heavy atom. The van der Waals surface area contributed by atoms with Crippen molar-refractivity contribution < 1.29 is 14.3 Å². The molecule has 1 fully saturated rings. The fourth-order valence-electron chi connectivity index (χ4n) is 1.82. The first-order valence-corrected chi connectivity index (χ1v) is 6.48. The molecule has 0 atom stereocenters. The molecule has 7 heteroatoms. The van der Waals surface area contributed by atoms with E-state index in [4.69, 9.17) is 0 Å². The molecular formula is C11H15N3O3S. The average molecular weight is 269 g/mol. The lowest BCUT2D eigenvalue weighted by molar-refractivity contribution is -0.129. The average Bonchev–Trinajstić information content (AvgIpc) is 2.87. The Hall–Kier alpha value is -1.63. The molecule has 1 aromatic rings. The van der Waals surface area contributed by atoms with Crippen LogP contribution in [0.15, 0.2) is 6.20 Å². The summed E-state index contributed by atoms with van der Waals surface area (Å²) in [6, 6.07) is 0. The van der Waals surface area contributed by atoms with Crippen molar-refractivity contribution in [3.63, 3.8) is 0 Å². The number of hydrogen-bond acceptors (Lipinski definition) is 6. The largest absolute Gasteiger partial charge is 0.465 e. The predicted molar refractivity (Wildman–Crippen MR) is 67.9 cm³/mol. The molecule has 0 spiro atoms. The second-order valence-corrected chi connectivity index (χ2v) is 5.00. The number of hydrogen-bond donors (Lipinski definition) is 0. The van der Waals surface area contributed by atoms with Crippen LogP contribution in [0.4, 0.5) is 5.13 Å². The molecule has 0 saturated carbocycles. The summed E-state index contributed by atoms with van der Waals surface area (Å²) in [5.41, 5.74) is 0. The van der Waals surface area contributed by atoms with Gasteiger partial charge in [0.25, 0.3) is 0 Å². The highest BCUT2D eigenvalue weighted by molar-refractivity contribution is 7.17. The minimum Gasteiger partial charge on any atom is -0.465 e. The van der Waals surface area contributed by atoms with Crippen LogP contribution in [0.25, 0.3) is 0 Å². The van der Waals surface area contributed by atoms with Gasteiger partial charge in [0.05, 0.1) is 13.3 Å². The topological polar surface area (TPSA) is 62.7 Å². The van der Waals surface area contributed by atoms with E-state index < -0.39 is 0 Å². The number of carbonyl (C=O) groups excluding carboxylic acids is 2. The minimum absolute atomic E-state index is 0.101. The number of carbonyl (C=O) groups is 2. The summed E-state index contributed by atoms with van der Waals surface area (Å²) in [4.78, 5) is 31.1. The molecule has 0 aromatic carbocycles. The Morgan fingerprint density at radius 3 is 2.56 bits per heavy atom. The standard InChI is InChI=1S/C11H15N3O3S/c1-8(15)13-3-5-14(6-4-13)11-12-7-9(18-11)10(16)17-2/h7H,3-6H2,1-2H3. The van der Waals surface area contributed by atoms with Gasteiger partial charge in [-0.3, -0.25) is 4.79 Å². The first kappa shape index (κ1) is 12.8. The van der Waals surface area contributed by atoms with Crippen LogP contribution in [0.1, 0.15) is 16.6 Å². The van der Waals surface area contributed by atoms with Crippen molar-refractivity contribution in [2.45, 2.75) is 6.92 Å². The molecule has 1 amide bonds. The summed E-state index contributed by atoms with van der Waals surface area (Å²) in [7, 11) is 1.35. The third-order valence-corrected chi connectivity index (χ3v) is 3.91. The van der Waals surface area contributed by atoms with Gasteiger partial charge in [-0.25, -0.2) is 9.78 Å². The highest BCUT2D eigenvalue weighted by Crippen LogP contribution is 2.24. The maximum Gasteiger partial charge on any atom is 0.349 e. The van der Waals surface area contributed by atoms with Crippen molar-refractivity contribution >= 4 is 28.3 Å². The third kappa shape index (κ3) is 2.61. The Kier molecular flexibility index (Phi) is 3.81. The number of rotatable bonds is 2. The Morgan fingerprint density at radius 1 is 1.33 bits per heavy atom. The second-order valence-electron chi connectivity index (χ2n) is 3.99. The number of nitrogens with zero attached hydrogens (tertiary/aromatic N) is 3. The predicted octanol–water partition coefficient (Wildman–Crippen LogP) is 0.598.